The Morgan fingerprint density at radius 2 is 2.00 bits per heavy atom. The summed E-state index contributed by atoms with van der Waals surface area (Å²) in [5.74, 6) is 0.231. The molecule has 0 bridgehead atoms. The van der Waals surface area contributed by atoms with Crippen LogP contribution in [0, 0.1) is 11.8 Å². The first-order chi connectivity index (χ1) is 5.97. The third-order valence-corrected chi connectivity index (χ3v) is 2.34. The second-order valence-corrected chi connectivity index (χ2v) is 3.88. The van der Waals surface area contributed by atoms with E-state index in [0.717, 1.165) is 12.8 Å². The Labute approximate surface area is 80.7 Å². The number of hydrogen-bond acceptors (Lipinski definition) is 1. The van der Waals surface area contributed by atoms with E-state index in [4.69, 9.17) is 5.11 Å². The van der Waals surface area contributed by atoms with E-state index in [1.807, 2.05) is 6.08 Å². The van der Waals surface area contributed by atoms with Gasteiger partial charge in [-0.05, 0) is 25.2 Å². The highest BCUT2D eigenvalue weighted by Crippen LogP contribution is 2.16. The van der Waals surface area contributed by atoms with E-state index in [0.29, 0.717) is 17.4 Å². The van der Waals surface area contributed by atoms with Gasteiger partial charge in [0.1, 0.15) is 0 Å². The average molecular weight is 184 g/mol. The van der Waals surface area contributed by atoms with Gasteiger partial charge in [0.2, 0.25) is 0 Å². The molecule has 2 heteroatoms. The maximum atomic E-state index is 10.5. The molecule has 0 unspecified atom stereocenters. The van der Waals surface area contributed by atoms with Crippen molar-refractivity contribution in [1.82, 2.24) is 0 Å². The molecule has 0 amide bonds. The van der Waals surface area contributed by atoms with Crippen LogP contribution in [0.3, 0.4) is 0 Å². The summed E-state index contributed by atoms with van der Waals surface area (Å²) in [4.78, 5) is 10.5. The molecule has 0 aromatic rings. The van der Waals surface area contributed by atoms with Crippen molar-refractivity contribution in [2.75, 3.05) is 0 Å². The molecule has 0 heterocycles. The molecule has 0 aromatic carbocycles. The number of carboxylic acids is 1. The quantitative estimate of drug-likeness (QED) is 0.667. The monoisotopic (exact) mass is 184 g/mol. The van der Waals surface area contributed by atoms with Gasteiger partial charge in [-0.1, -0.05) is 33.3 Å². The SMILES string of the molecule is CC[C@H](C)C[C@@H](C)/C=C(\C)C(=O)O. The van der Waals surface area contributed by atoms with Crippen LogP contribution in [-0.2, 0) is 4.79 Å². The Morgan fingerprint density at radius 1 is 1.46 bits per heavy atom. The average Bonchev–Trinajstić information content (AvgIpc) is 2.03. The fourth-order valence-corrected chi connectivity index (χ4v) is 1.37. The van der Waals surface area contributed by atoms with Crippen molar-refractivity contribution < 1.29 is 9.90 Å². The predicted molar refractivity (Wildman–Crippen MR) is 54.6 cm³/mol. The van der Waals surface area contributed by atoms with Crippen molar-refractivity contribution >= 4 is 5.97 Å². The number of aliphatic carboxylic acids is 1. The normalized spacial score (nSPS) is 16.8. The summed E-state index contributed by atoms with van der Waals surface area (Å²) in [7, 11) is 0. The van der Waals surface area contributed by atoms with Crippen molar-refractivity contribution in [3.05, 3.63) is 11.6 Å². The van der Waals surface area contributed by atoms with Gasteiger partial charge in [-0.3, -0.25) is 0 Å². The Balaban J connectivity index is 4.06. The summed E-state index contributed by atoms with van der Waals surface area (Å²) in [6, 6.07) is 0. The first-order valence-electron chi connectivity index (χ1n) is 4.89. The van der Waals surface area contributed by atoms with Gasteiger partial charge < -0.3 is 5.11 Å². The maximum absolute atomic E-state index is 10.5. The van der Waals surface area contributed by atoms with Gasteiger partial charge in [0.05, 0.1) is 0 Å². The zero-order valence-electron chi connectivity index (χ0n) is 9.00. The first-order valence-corrected chi connectivity index (χ1v) is 4.89. The van der Waals surface area contributed by atoms with Crippen LogP contribution in [0.5, 0.6) is 0 Å². The van der Waals surface area contributed by atoms with E-state index < -0.39 is 5.97 Å². The number of carboxylic acid groups (broad SMARTS) is 1. The summed E-state index contributed by atoms with van der Waals surface area (Å²) < 4.78 is 0. The van der Waals surface area contributed by atoms with Crippen LogP contribution in [0.1, 0.15) is 40.5 Å². The van der Waals surface area contributed by atoms with Gasteiger partial charge in [-0.25, -0.2) is 4.79 Å². The number of allylic oxidation sites excluding steroid dienone is 1. The lowest BCUT2D eigenvalue weighted by Gasteiger charge is -2.12. The third-order valence-electron chi connectivity index (χ3n) is 2.34. The standard InChI is InChI=1S/C11H20O2/c1-5-8(2)6-9(3)7-10(4)11(12)13/h7-9H,5-6H2,1-4H3,(H,12,13)/b10-7+/t8-,9+/m0/s1. The van der Waals surface area contributed by atoms with E-state index in [-0.39, 0.29) is 0 Å². The molecule has 0 rings (SSSR count). The van der Waals surface area contributed by atoms with E-state index in [2.05, 4.69) is 20.8 Å². The van der Waals surface area contributed by atoms with Crippen LogP contribution in [0.2, 0.25) is 0 Å². The molecule has 0 spiro atoms. The van der Waals surface area contributed by atoms with Crippen LogP contribution in [0.4, 0.5) is 0 Å². The summed E-state index contributed by atoms with van der Waals surface area (Å²) in [6.45, 7) is 8.07. The molecule has 0 saturated heterocycles. The molecule has 1 N–H and O–H groups in total. The lowest BCUT2D eigenvalue weighted by molar-refractivity contribution is -0.132. The second-order valence-electron chi connectivity index (χ2n) is 3.88. The maximum Gasteiger partial charge on any atom is 0.330 e. The van der Waals surface area contributed by atoms with E-state index in [9.17, 15) is 4.79 Å². The molecule has 0 radical (unpaired) electrons. The van der Waals surface area contributed by atoms with Crippen molar-refractivity contribution in [3.8, 4) is 0 Å². The third kappa shape index (κ3) is 5.45. The summed E-state index contributed by atoms with van der Waals surface area (Å²) in [6.07, 6.45) is 4.07. The summed E-state index contributed by atoms with van der Waals surface area (Å²) in [5.41, 5.74) is 0.454. The molecule has 0 aromatic heterocycles. The second kappa shape index (κ2) is 5.79. The lowest BCUT2D eigenvalue weighted by atomic mass is 9.94. The van der Waals surface area contributed by atoms with E-state index in [1.54, 1.807) is 6.92 Å². The lowest BCUT2D eigenvalue weighted by Crippen LogP contribution is -2.03. The van der Waals surface area contributed by atoms with Crippen LogP contribution in [0.15, 0.2) is 11.6 Å². The minimum Gasteiger partial charge on any atom is -0.478 e. The molecule has 2 nitrogen and oxygen atoms in total. The zero-order valence-corrected chi connectivity index (χ0v) is 9.00. The minimum atomic E-state index is -0.809. The van der Waals surface area contributed by atoms with Gasteiger partial charge in [-0.15, -0.1) is 0 Å². The predicted octanol–water partition coefficient (Wildman–Crippen LogP) is 3.09. The fraction of sp³-hybridized carbons (Fsp3) is 0.727. The number of hydrogen-bond donors (Lipinski definition) is 1. The largest absolute Gasteiger partial charge is 0.478 e. The van der Waals surface area contributed by atoms with Crippen molar-refractivity contribution in [3.63, 3.8) is 0 Å². The Bertz CT molecular complexity index is 194. The molecule has 2 atom stereocenters. The summed E-state index contributed by atoms with van der Waals surface area (Å²) >= 11 is 0. The highest BCUT2D eigenvalue weighted by Gasteiger charge is 2.07. The van der Waals surface area contributed by atoms with Gasteiger partial charge >= 0.3 is 5.97 Å². The van der Waals surface area contributed by atoms with Crippen LogP contribution >= 0.6 is 0 Å². The molecule has 13 heavy (non-hydrogen) atoms. The molecule has 76 valence electrons. The Morgan fingerprint density at radius 3 is 2.38 bits per heavy atom. The van der Waals surface area contributed by atoms with Gasteiger partial charge in [-0.2, -0.15) is 0 Å². The van der Waals surface area contributed by atoms with Crippen molar-refractivity contribution in [2.24, 2.45) is 11.8 Å². The molecular formula is C11H20O2. The van der Waals surface area contributed by atoms with E-state index >= 15 is 0 Å². The van der Waals surface area contributed by atoms with Crippen molar-refractivity contribution in [2.45, 2.75) is 40.5 Å². The van der Waals surface area contributed by atoms with Gasteiger partial charge in [0.15, 0.2) is 0 Å². The first kappa shape index (κ1) is 12.2. The number of carbonyl (C=O) groups is 1. The van der Waals surface area contributed by atoms with Crippen LogP contribution in [0.25, 0.3) is 0 Å². The molecule has 0 fully saturated rings. The van der Waals surface area contributed by atoms with Crippen LogP contribution in [-0.4, -0.2) is 11.1 Å². The Hall–Kier alpha value is -0.790. The van der Waals surface area contributed by atoms with Gasteiger partial charge in [0.25, 0.3) is 0 Å². The van der Waals surface area contributed by atoms with Crippen molar-refractivity contribution in [1.29, 1.82) is 0 Å². The van der Waals surface area contributed by atoms with Crippen LogP contribution < -0.4 is 0 Å². The fourth-order valence-electron chi connectivity index (χ4n) is 1.37. The minimum absolute atomic E-state index is 0.367. The van der Waals surface area contributed by atoms with E-state index in [1.165, 1.54) is 0 Å². The molecule has 0 aliphatic heterocycles. The zero-order chi connectivity index (χ0) is 10.4. The molecule has 0 aliphatic carbocycles. The van der Waals surface area contributed by atoms with Gasteiger partial charge in [0, 0.05) is 5.57 Å². The smallest absolute Gasteiger partial charge is 0.330 e. The molecular weight excluding hydrogens is 164 g/mol. The Kier molecular flexibility index (Phi) is 5.44. The highest BCUT2D eigenvalue weighted by atomic mass is 16.4. The molecule has 0 saturated carbocycles. The highest BCUT2D eigenvalue weighted by molar-refractivity contribution is 5.85. The molecule has 0 aliphatic rings. The topological polar surface area (TPSA) is 37.3 Å². The summed E-state index contributed by atoms with van der Waals surface area (Å²) in [5, 5.41) is 8.65. The number of rotatable bonds is 5.